The SMILES string of the molecule is N#Cc1ccc(CN2CCC(NC(=O)c3ccc(/C(=C\O)N4CCC(Cc5ccc(F)cc5)CC4)cn3)CC2)cc1. The highest BCUT2D eigenvalue weighted by Gasteiger charge is 2.24. The number of aliphatic hydroxyl groups is 1. The van der Waals surface area contributed by atoms with Crippen LogP contribution in [0, 0.1) is 23.1 Å². The maximum atomic E-state index is 13.2. The quantitative estimate of drug-likeness (QED) is 0.368. The maximum Gasteiger partial charge on any atom is 0.270 e. The Labute approximate surface area is 240 Å². The van der Waals surface area contributed by atoms with E-state index in [2.05, 4.69) is 26.2 Å². The molecule has 2 aliphatic rings. The van der Waals surface area contributed by atoms with E-state index in [0.717, 1.165) is 82.2 Å². The number of benzene rings is 2. The van der Waals surface area contributed by atoms with E-state index in [-0.39, 0.29) is 17.8 Å². The highest BCUT2D eigenvalue weighted by Crippen LogP contribution is 2.28. The van der Waals surface area contributed by atoms with Gasteiger partial charge >= 0.3 is 0 Å². The van der Waals surface area contributed by atoms with Crippen LogP contribution in [-0.4, -0.2) is 58.0 Å². The van der Waals surface area contributed by atoms with E-state index in [1.165, 1.54) is 17.7 Å². The van der Waals surface area contributed by atoms with Gasteiger partial charge in [0.15, 0.2) is 0 Å². The third kappa shape index (κ3) is 7.50. The number of rotatable bonds is 8. The van der Waals surface area contributed by atoms with Crippen LogP contribution in [0.2, 0.25) is 0 Å². The Morgan fingerprint density at radius 1 is 0.976 bits per heavy atom. The molecule has 0 aliphatic carbocycles. The lowest BCUT2D eigenvalue weighted by Gasteiger charge is -2.35. The molecule has 0 spiro atoms. The summed E-state index contributed by atoms with van der Waals surface area (Å²) in [5.41, 5.74) is 4.84. The summed E-state index contributed by atoms with van der Waals surface area (Å²) in [6, 6.07) is 20.2. The summed E-state index contributed by atoms with van der Waals surface area (Å²) in [6.45, 7) is 4.24. The van der Waals surface area contributed by atoms with Crippen molar-refractivity contribution in [2.45, 2.75) is 44.7 Å². The van der Waals surface area contributed by atoms with Crippen LogP contribution in [-0.2, 0) is 13.0 Å². The highest BCUT2D eigenvalue weighted by atomic mass is 19.1. The van der Waals surface area contributed by atoms with Crippen LogP contribution in [0.3, 0.4) is 0 Å². The van der Waals surface area contributed by atoms with Crippen LogP contribution < -0.4 is 5.32 Å². The molecular weight excluding hydrogens is 517 g/mol. The summed E-state index contributed by atoms with van der Waals surface area (Å²) in [7, 11) is 0. The Morgan fingerprint density at radius 2 is 1.66 bits per heavy atom. The monoisotopic (exact) mass is 553 g/mol. The van der Waals surface area contributed by atoms with Gasteiger partial charge in [-0.25, -0.2) is 4.39 Å². The van der Waals surface area contributed by atoms with Crippen LogP contribution in [0.5, 0.6) is 0 Å². The molecule has 2 aromatic carbocycles. The first-order chi connectivity index (χ1) is 20.0. The van der Waals surface area contributed by atoms with Gasteiger partial charge in [0.05, 0.1) is 17.3 Å². The Hall–Kier alpha value is -4.22. The van der Waals surface area contributed by atoms with Crippen molar-refractivity contribution < 1.29 is 14.3 Å². The van der Waals surface area contributed by atoms with Gasteiger partial charge in [-0.05, 0) is 85.5 Å². The van der Waals surface area contributed by atoms with E-state index in [0.29, 0.717) is 22.9 Å². The Bertz CT molecular complexity index is 1370. The van der Waals surface area contributed by atoms with Gasteiger partial charge in [0, 0.05) is 50.5 Å². The van der Waals surface area contributed by atoms with E-state index in [1.54, 1.807) is 12.3 Å². The summed E-state index contributed by atoms with van der Waals surface area (Å²) >= 11 is 0. The normalized spacial score (nSPS) is 17.3. The van der Waals surface area contributed by atoms with Gasteiger partial charge in [-0.2, -0.15) is 5.26 Å². The van der Waals surface area contributed by atoms with Gasteiger partial charge in [0.1, 0.15) is 17.8 Å². The van der Waals surface area contributed by atoms with Crippen LogP contribution in [0.4, 0.5) is 4.39 Å². The van der Waals surface area contributed by atoms with E-state index in [1.807, 2.05) is 42.5 Å². The van der Waals surface area contributed by atoms with Crippen molar-refractivity contribution in [1.29, 1.82) is 5.26 Å². The predicted octanol–water partition coefficient (Wildman–Crippen LogP) is 5.30. The number of halogens is 1. The zero-order valence-corrected chi connectivity index (χ0v) is 23.2. The lowest BCUT2D eigenvalue weighted by Crippen LogP contribution is -2.44. The fourth-order valence-corrected chi connectivity index (χ4v) is 5.79. The largest absolute Gasteiger partial charge is 0.513 e. The van der Waals surface area contributed by atoms with Crippen molar-refractivity contribution in [3.8, 4) is 6.07 Å². The van der Waals surface area contributed by atoms with E-state index >= 15 is 0 Å². The van der Waals surface area contributed by atoms with E-state index < -0.39 is 0 Å². The number of hydrogen-bond donors (Lipinski definition) is 2. The number of carbonyl (C=O) groups excluding carboxylic acids is 1. The van der Waals surface area contributed by atoms with E-state index in [4.69, 9.17) is 5.26 Å². The second kappa shape index (κ2) is 13.4. The number of piperidine rings is 2. The summed E-state index contributed by atoms with van der Waals surface area (Å²) < 4.78 is 13.2. The lowest BCUT2D eigenvalue weighted by molar-refractivity contribution is 0.0904. The molecule has 0 unspecified atom stereocenters. The number of nitrogens with zero attached hydrogens (tertiary/aromatic N) is 4. The zero-order valence-electron chi connectivity index (χ0n) is 23.2. The number of aliphatic hydroxyl groups excluding tert-OH is 1. The van der Waals surface area contributed by atoms with Crippen LogP contribution >= 0.6 is 0 Å². The molecule has 0 radical (unpaired) electrons. The van der Waals surface area contributed by atoms with Crippen molar-refractivity contribution >= 4 is 11.6 Å². The number of likely N-dealkylation sites (tertiary alicyclic amines) is 2. The lowest BCUT2D eigenvalue weighted by atomic mass is 9.89. The van der Waals surface area contributed by atoms with Crippen molar-refractivity contribution in [2.24, 2.45) is 5.92 Å². The van der Waals surface area contributed by atoms with Gasteiger partial charge in [0.25, 0.3) is 5.91 Å². The molecule has 7 nitrogen and oxygen atoms in total. The third-order valence-corrected chi connectivity index (χ3v) is 8.22. The number of carbonyl (C=O) groups is 1. The molecule has 2 saturated heterocycles. The zero-order chi connectivity index (χ0) is 28.6. The molecule has 0 bridgehead atoms. The smallest absolute Gasteiger partial charge is 0.270 e. The van der Waals surface area contributed by atoms with Crippen molar-refractivity contribution in [3.05, 3.63) is 107 Å². The molecule has 3 heterocycles. The number of hydrogen-bond acceptors (Lipinski definition) is 6. The number of pyridine rings is 1. The van der Waals surface area contributed by atoms with Gasteiger partial charge in [-0.15, -0.1) is 0 Å². The van der Waals surface area contributed by atoms with Crippen molar-refractivity contribution in [1.82, 2.24) is 20.1 Å². The molecule has 2 aliphatic heterocycles. The van der Waals surface area contributed by atoms with Crippen LogP contribution in [0.25, 0.3) is 5.70 Å². The molecule has 2 N–H and O–H groups in total. The second-order valence-electron chi connectivity index (χ2n) is 11.0. The standard InChI is InChI=1S/C33H36FN5O2/c34-29-8-5-24(6-9-29)19-25-11-17-39(18-12-25)32(23-40)28-7-10-31(36-21-28)33(41)37-30-13-15-38(16-14-30)22-27-3-1-26(20-35)2-4-27/h1-10,21,23,25,30,40H,11-19,22H2,(H,37,41)/b32-23+. The van der Waals surface area contributed by atoms with Gasteiger partial charge in [0.2, 0.25) is 0 Å². The van der Waals surface area contributed by atoms with Gasteiger partial charge in [-0.1, -0.05) is 24.3 Å². The highest BCUT2D eigenvalue weighted by molar-refractivity contribution is 5.92. The van der Waals surface area contributed by atoms with Crippen molar-refractivity contribution in [2.75, 3.05) is 26.2 Å². The molecule has 8 heteroatoms. The minimum Gasteiger partial charge on any atom is -0.513 e. The van der Waals surface area contributed by atoms with E-state index in [9.17, 15) is 14.3 Å². The average molecular weight is 554 g/mol. The average Bonchev–Trinajstić information content (AvgIpc) is 3.01. The second-order valence-corrected chi connectivity index (χ2v) is 11.0. The number of amides is 1. The third-order valence-electron chi connectivity index (χ3n) is 8.22. The van der Waals surface area contributed by atoms with Crippen LogP contribution in [0.15, 0.2) is 73.1 Å². The summed E-state index contributed by atoms with van der Waals surface area (Å²) in [6.07, 6.45) is 7.41. The molecule has 2 fully saturated rings. The maximum absolute atomic E-state index is 13.2. The molecule has 41 heavy (non-hydrogen) atoms. The number of aromatic nitrogens is 1. The number of nitriles is 1. The minimum absolute atomic E-state index is 0.102. The molecule has 1 aromatic heterocycles. The molecular formula is C33H36FN5O2. The Morgan fingerprint density at radius 3 is 2.27 bits per heavy atom. The fourth-order valence-electron chi connectivity index (χ4n) is 5.79. The molecule has 1 amide bonds. The van der Waals surface area contributed by atoms with Gasteiger partial charge < -0.3 is 15.3 Å². The summed E-state index contributed by atoms with van der Waals surface area (Å²) in [4.78, 5) is 21.8. The van der Waals surface area contributed by atoms with Crippen LogP contribution in [0.1, 0.15) is 58.4 Å². The fraction of sp³-hybridized carbons (Fsp3) is 0.364. The first-order valence-electron chi connectivity index (χ1n) is 14.3. The molecule has 0 atom stereocenters. The summed E-state index contributed by atoms with van der Waals surface area (Å²) in [5, 5.41) is 22.1. The number of nitrogens with one attached hydrogen (secondary N) is 1. The van der Waals surface area contributed by atoms with Gasteiger partial charge in [-0.3, -0.25) is 14.7 Å². The first kappa shape index (κ1) is 28.3. The minimum atomic E-state index is -0.212. The molecule has 3 aromatic rings. The summed E-state index contributed by atoms with van der Waals surface area (Å²) in [5.74, 6) is 0.123. The Balaban J connectivity index is 1.08. The Kier molecular flexibility index (Phi) is 9.27. The predicted molar refractivity (Wildman–Crippen MR) is 156 cm³/mol. The first-order valence-corrected chi connectivity index (χ1v) is 14.3. The molecule has 0 saturated carbocycles. The van der Waals surface area contributed by atoms with Crippen molar-refractivity contribution in [3.63, 3.8) is 0 Å². The topological polar surface area (TPSA) is 92.5 Å². The molecule has 5 rings (SSSR count). The molecule has 212 valence electrons.